The average molecular weight is 257 g/mol. The summed E-state index contributed by atoms with van der Waals surface area (Å²) in [5, 5.41) is 17.9. The molecule has 2 aromatic rings. The average Bonchev–Trinajstić information content (AvgIpc) is 2.83. The number of nitrogens with zero attached hydrogens (tertiary/aromatic N) is 3. The second-order valence-electron chi connectivity index (χ2n) is 5.33. The van der Waals surface area contributed by atoms with Gasteiger partial charge in [-0.2, -0.15) is 0 Å². The first-order valence-corrected chi connectivity index (χ1v) is 6.84. The van der Waals surface area contributed by atoms with Crippen LogP contribution in [0.2, 0.25) is 0 Å². The molecule has 1 unspecified atom stereocenters. The van der Waals surface area contributed by atoms with E-state index in [4.69, 9.17) is 0 Å². The minimum absolute atomic E-state index is 0.250. The van der Waals surface area contributed by atoms with Crippen LogP contribution in [-0.4, -0.2) is 26.5 Å². The van der Waals surface area contributed by atoms with Crippen molar-refractivity contribution in [3.63, 3.8) is 0 Å². The van der Waals surface area contributed by atoms with Crippen LogP contribution in [0.15, 0.2) is 24.3 Å². The first-order chi connectivity index (χ1) is 9.28. The second-order valence-corrected chi connectivity index (χ2v) is 5.33. The molecule has 4 heteroatoms. The minimum atomic E-state index is 0.250. The molecule has 3 rings (SSSR count). The Morgan fingerprint density at radius 3 is 2.95 bits per heavy atom. The molecule has 1 aromatic carbocycles. The molecule has 1 aliphatic rings. The fourth-order valence-electron chi connectivity index (χ4n) is 2.72. The summed E-state index contributed by atoms with van der Waals surface area (Å²) in [6.45, 7) is 3.30. The van der Waals surface area contributed by atoms with E-state index in [9.17, 15) is 5.11 Å². The summed E-state index contributed by atoms with van der Waals surface area (Å²) >= 11 is 0. The molecule has 0 aliphatic carbocycles. The van der Waals surface area contributed by atoms with Gasteiger partial charge in [-0.25, -0.2) is 0 Å². The van der Waals surface area contributed by atoms with E-state index in [2.05, 4.69) is 46.0 Å². The van der Waals surface area contributed by atoms with Gasteiger partial charge in [0, 0.05) is 26.0 Å². The zero-order chi connectivity index (χ0) is 13.2. The van der Waals surface area contributed by atoms with Crippen molar-refractivity contribution in [3.8, 4) is 0 Å². The van der Waals surface area contributed by atoms with Crippen LogP contribution < -0.4 is 0 Å². The van der Waals surface area contributed by atoms with Gasteiger partial charge in [0.25, 0.3) is 0 Å². The quantitative estimate of drug-likeness (QED) is 0.911. The predicted molar refractivity (Wildman–Crippen MR) is 72.9 cm³/mol. The van der Waals surface area contributed by atoms with Crippen molar-refractivity contribution in [1.82, 2.24) is 14.8 Å². The van der Waals surface area contributed by atoms with Crippen LogP contribution in [0.3, 0.4) is 0 Å². The third-order valence-electron chi connectivity index (χ3n) is 4.00. The van der Waals surface area contributed by atoms with E-state index in [1.807, 2.05) is 0 Å². The van der Waals surface area contributed by atoms with Gasteiger partial charge in [0.15, 0.2) is 0 Å². The Kier molecular flexibility index (Phi) is 3.34. The molecule has 1 aliphatic heterocycles. The summed E-state index contributed by atoms with van der Waals surface area (Å²) in [6, 6.07) is 8.41. The Balaban J connectivity index is 1.84. The highest BCUT2D eigenvalue weighted by Gasteiger charge is 2.22. The molecular weight excluding hydrogens is 238 g/mol. The molecule has 100 valence electrons. The first kappa shape index (κ1) is 12.4. The topological polar surface area (TPSA) is 50.9 Å². The molecule has 19 heavy (non-hydrogen) atoms. The van der Waals surface area contributed by atoms with Crippen LogP contribution >= 0.6 is 0 Å². The van der Waals surface area contributed by atoms with Crippen LogP contribution in [-0.2, 0) is 19.4 Å². The number of aliphatic hydroxyl groups is 1. The van der Waals surface area contributed by atoms with Gasteiger partial charge in [-0.05, 0) is 30.4 Å². The Morgan fingerprint density at radius 1 is 1.32 bits per heavy atom. The standard InChI is InChI=1S/C15H19N3O/c1-11-4-2-3-5-13(11)9-15-17-16-14-8-12(10-19)6-7-18(14)15/h2-5,12,19H,6-10H2,1H3. The number of aromatic nitrogens is 3. The van der Waals surface area contributed by atoms with Crippen molar-refractivity contribution in [2.75, 3.05) is 6.61 Å². The summed E-state index contributed by atoms with van der Waals surface area (Å²) < 4.78 is 2.22. The predicted octanol–water partition coefficient (Wildman–Crippen LogP) is 1.73. The molecule has 1 N–H and O–H groups in total. The molecule has 1 atom stereocenters. The third-order valence-corrected chi connectivity index (χ3v) is 4.00. The molecule has 2 heterocycles. The van der Waals surface area contributed by atoms with E-state index < -0.39 is 0 Å². The van der Waals surface area contributed by atoms with Crippen LogP contribution in [0.4, 0.5) is 0 Å². The molecule has 0 amide bonds. The highest BCUT2D eigenvalue weighted by atomic mass is 16.3. The summed E-state index contributed by atoms with van der Waals surface area (Å²) in [4.78, 5) is 0. The first-order valence-electron chi connectivity index (χ1n) is 6.84. The molecular formula is C15H19N3O. The van der Waals surface area contributed by atoms with Crippen molar-refractivity contribution in [3.05, 3.63) is 47.0 Å². The van der Waals surface area contributed by atoms with E-state index >= 15 is 0 Å². The fourth-order valence-corrected chi connectivity index (χ4v) is 2.72. The molecule has 0 radical (unpaired) electrons. The second kappa shape index (κ2) is 5.13. The lowest BCUT2D eigenvalue weighted by Gasteiger charge is -2.21. The van der Waals surface area contributed by atoms with Crippen LogP contribution in [0.25, 0.3) is 0 Å². The van der Waals surface area contributed by atoms with Gasteiger partial charge in [0.05, 0.1) is 0 Å². The van der Waals surface area contributed by atoms with Gasteiger partial charge in [0.2, 0.25) is 0 Å². The number of benzene rings is 1. The number of rotatable bonds is 3. The van der Waals surface area contributed by atoms with Gasteiger partial charge < -0.3 is 9.67 Å². The Labute approximate surface area is 113 Å². The molecule has 0 bridgehead atoms. The summed E-state index contributed by atoms with van der Waals surface area (Å²) in [6.07, 6.45) is 2.70. The van der Waals surface area contributed by atoms with Crippen molar-refractivity contribution in [2.45, 2.75) is 32.7 Å². The Morgan fingerprint density at radius 2 is 2.16 bits per heavy atom. The van der Waals surface area contributed by atoms with Gasteiger partial charge in [0.1, 0.15) is 11.6 Å². The van der Waals surface area contributed by atoms with Crippen molar-refractivity contribution in [2.24, 2.45) is 5.92 Å². The molecule has 4 nitrogen and oxygen atoms in total. The van der Waals surface area contributed by atoms with E-state index in [1.54, 1.807) is 0 Å². The summed E-state index contributed by atoms with van der Waals surface area (Å²) in [5.41, 5.74) is 2.60. The normalized spacial score (nSPS) is 18.3. The number of fused-ring (bicyclic) bond motifs is 1. The lowest BCUT2D eigenvalue weighted by molar-refractivity contribution is 0.198. The smallest absolute Gasteiger partial charge is 0.137 e. The van der Waals surface area contributed by atoms with Crippen molar-refractivity contribution >= 4 is 0 Å². The zero-order valence-corrected chi connectivity index (χ0v) is 11.2. The summed E-state index contributed by atoms with van der Waals surface area (Å²) in [5.74, 6) is 2.41. The van der Waals surface area contributed by atoms with E-state index in [1.165, 1.54) is 11.1 Å². The molecule has 0 spiro atoms. The zero-order valence-electron chi connectivity index (χ0n) is 11.2. The molecule has 0 fully saturated rings. The number of hydrogen-bond acceptors (Lipinski definition) is 3. The number of aryl methyl sites for hydroxylation is 1. The highest BCUT2D eigenvalue weighted by molar-refractivity contribution is 5.28. The van der Waals surface area contributed by atoms with Crippen molar-refractivity contribution in [1.29, 1.82) is 0 Å². The molecule has 0 saturated heterocycles. The Hall–Kier alpha value is -1.68. The van der Waals surface area contributed by atoms with Crippen LogP contribution in [0, 0.1) is 12.8 Å². The lowest BCUT2D eigenvalue weighted by Crippen LogP contribution is -2.23. The number of hydrogen-bond donors (Lipinski definition) is 1. The van der Waals surface area contributed by atoms with E-state index in [-0.39, 0.29) is 6.61 Å². The lowest BCUT2D eigenvalue weighted by atomic mass is 9.98. The highest BCUT2D eigenvalue weighted by Crippen LogP contribution is 2.21. The maximum absolute atomic E-state index is 9.24. The molecule has 1 aromatic heterocycles. The maximum Gasteiger partial charge on any atom is 0.137 e. The van der Waals surface area contributed by atoms with Gasteiger partial charge in [-0.1, -0.05) is 24.3 Å². The van der Waals surface area contributed by atoms with E-state index in [0.717, 1.165) is 37.5 Å². The Bertz CT molecular complexity index is 577. The fraction of sp³-hybridized carbons (Fsp3) is 0.467. The van der Waals surface area contributed by atoms with Crippen LogP contribution in [0.5, 0.6) is 0 Å². The SMILES string of the molecule is Cc1ccccc1Cc1nnc2n1CCC(CO)C2. The van der Waals surface area contributed by atoms with Crippen LogP contribution in [0.1, 0.15) is 29.2 Å². The van der Waals surface area contributed by atoms with Gasteiger partial charge >= 0.3 is 0 Å². The van der Waals surface area contributed by atoms with E-state index in [0.29, 0.717) is 5.92 Å². The molecule has 0 saturated carbocycles. The third kappa shape index (κ3) is 2.40. The summed E-state index contributed by atoms with van der Waals surface area (Å²) in [7, 11) is 0. The number of aliphatic hydroxyl groups excluding tert-OH is 1. The maximum atomic E-state index is 9.24. The van der Waals surface area contributed by atoms with Crippen molar-refractivity contribution < 1.29 is 5.11 Å². The largest absolute Gasteiger partial charge is 0.396 e. The monoisotopic (exact) mass is 257 g/mol. The van der Waals surface area contributed by atoms with Gasteiger partial charge in [-0.15, -0.1) is 10.2 Å². The minimum Gasteiger partial charge on any atom is -0.396 e. The van der Waals surface area contributed by atoms with Gasteiger partial charge in [-0.3, -0.25) is 0 Å².